The lowest BCUT2D eigenvalue weighted by Gasteiger charge is -2.45. The highest BCUT2D eigenvalue weighted by Crippen LogP contribution is 2.37. The molecular weight excluding hydrogens is 352 g/mol. The van der Waals surface area contributed by atoms with Crippen molar-refractivity contribution < 1.29 is 18.9 Å². The molecule has 144 valence electrons. The predicted molar refractivity (Wildman–Crippen MR) is 95.4 cm³/mol. The van der Waals surface area contributed by atoms with Crippen molar-refractivity contribution in [3.05, 3.63) is 68.5 Å². The van der Waals surface area contributed by atoms with Crippen LogP contribution in [0.3, 0.4) is 0 Å². The van der Waals surface area contributed by atoms with Crippen LogP contribution in [0.15, 0.2) is 46.1 Å². The third-order valence-electron chi connectivity index (χ3n) is 5.03. The molecule has 2 aromatic rings. The average Bonchev–Trinajstić information content (AvgIpc) is 2.70. The van der Waals surface area contributed by atoms with E-state index in [1.807, 2.05) is 30.3 Å². The van der Waals surface area contributed by atoms with Gasteiger partial charge in [0.2, 0.25) is 0 Å². The summed E-state index contributed by atoms with van der Waals surface area (Å²) in [4.78, 5) is 26.3. The summed E-state index contributed by atoms with van der Waals surface area (Å²) in [6, 6.07) is 9.26. The number of nitrogens with one attached hydrogen (secondary N) is 1. The van der Waals surface area contributed by atoms with Gasteiger partial charge in [-0.3, -0.25) is 14.3 Å². The number of aromatic nitrogens is 2. The molecule has 1 N–H and O–H groups in total. The first-order valence-corrected chi connectivity index (χ1v) is 8.89. The smallest absolute Gasteiger partial charge is 0.328 e. The Morgan fingerprint density at radius 1 is 1.15 bits per heavy atom. The van der Waals surface area contributed by atoms with Crippen LogP contribution in [0.2, 0.25) is 0 Å². The first-order chi connectivity index (χ1) is 13.1. The Labute approximate surface area is 155 Å². The Bertz CT molecular complexity index is 908. The molecule has 27 heavy (non-hydrogen) atoms. The molecule has 3 heterocycles. The number of fused-ring (bicyclic) bond motifs is 1. The number of benzene rings is 1. The molecule has 8 nitrogen and oxygen atoms in total. The fourth-order valence-electron chi connectivity index (χ4n) is 3.60. The van der Waals surface area contributed by atoms with Crippen molar-refractivity contribution in [1.29, 1.82) is 0 Å². The second kappa shape index (κ2) is 7.40. The zero-order chi connectivity index (χ0) is 19.0. The highest BCUT2D eigenvalue weighted by atomic mass is 16.7. The summed E-state index contributed by atoms with van der Waals surface area (Å²) < 4.78 is 24.8. The van der Waals surface area contributed by atoms with Gasteiger partial charge in [-0.2, -0.15) is 0 Å². The van der Waals surface area contributed by atoms with E-state index >= 15 is 0 Å². The van der Waals surface area contributed by atoms with Gasteiger partial charge in [0.25, 0.3) is 5.56 Å². The molecular formula is C19H22N2O6. The zero-order valence-electron chi connectivity index (χ0n) is 15.2. The van der Waals surface area contributed by atoms with Gasteiger partial charge >= 0.3 is 5.69 Å². The van der Waals surface area contributed by atoms with Gasteiger partial charge < -0.3 is 18.9 Å². The number of ether oxygens (including phenoxy) is 4. The summed E-state index contributed by atoms with van der Waals surface area (Å²) in [5.41, 5.74) is 0.484. The fraction of sp³-hybridized carbons (Fsp3) is 0.474. The summed E-state index contributed by atoms with van der Waals surface area (Å²) in [6.07, 6.45) is 0.362. The fourth-order valence-corrected chi connectivity index (χ4v) is 3.60. The molecule has 0 radical (unpaired) electrons. The van der Waals surface area contributed by atoms with E-state index in [9.17, 15) is 9.59 Å². The van der Waals surface area contributed by atoms with Crippen molar-refractivity contribution in [1.82, 2.24) is 9.55 Å². The number of aryl methyl sites for hydroxylation is 1. The van der Waals surface area contributed by atoms with Gasteiger partial charge in [0.15, 0.2) is 12.6 Å². The van der Waals surface area contributed by atoms with E-state index in [0.29, 0.717) is 18.6 Å². The molecule has 2 aliphatic heterocycles. The maximum atomic E-state index is 12.3. The summed E-state index contributed by atoms with van der Waals surface area (Å²) in [5, 5.41) is 0. The molecule has 2 fully saturated rings. The predicted octanol–water partition coefficient (Wildman–Crippen LogP) is 1.26. The molecule has 0 amide bonds. The van der Waals surface area contributed by atoms with Crippen molar-refractivity contribution in [3.8, 4) is 0 Å². The van der Waals surface area contributed by atoms with Crippen LogP contribution in [-0.2, 0) is 18.9 Å². The lowest BCUT2D eigenvalue weighted by Crippen LogP contribution is -2.53. The lowest BCUT2D eigenvalue weighted by molar-refractivity contribution is -0.323. The minimum Gasteiger partial charge on any atom is -0.354 e. The van der Waals surface area contributed by atoms with Crippen LogP contribution < -0.4 is 11.2 Å². The van der Waals surface area contributed by atoms with Crippen LogP contribution in [0.1, 0.15) is 29.9 Å². The highest BCUT2D eigenvalue weighted by Gasteiger charge is 2.44. The van der Waals surface area contributed by atoms with Crippen LogP contribution in [0.25, 0.3) is 0 Å². The van der Waals surface area contributed by atoms with E-state index < -0.39 is 29.9 Å². The van der Waals surface area contributed by atoms with E-state index in [0.717, 1.165) is 5.56 Å². The minimum atomic E-state index is -0.644. The highest BCUT2D eigenvalue weighted by molar-refractivity contribution is 5.16. The summed E-state index contributed by atoms with van der Waals surface area (Å²) >= 11 is 0. The van der Waals surface area contributed by atoms with Crippen molar-refractivity contribution in [3.63, 3.8) is 0 Å². The molecule has 2 aliphatic rings. The molecule has 0 aliphatic carbocycles. The van der Waals surface area contributed by atoms with E-state index in [-0.39, 0.29) is 12.2 Å². The molecule has 1 aromatic heterocycles. The molecule has 4 rings (SSSR count). The quantitative estimate of drug-likeness (QED) is 0.870. The normalized spacial score (nSPS) is 30.7. The lowest BCUT2D eigenvalue weighted by atomic mass is 9.99. The van der Waals surface area contributed by atoms with Crippen molar-refractivity contribution in [2.24, 2.45) is 0 Å². The molecule has 0 bridgehead atoms. The monoisotopic (exact) mass is 374 g/mol. The molecule has 2 saturated heterocycles. The average molecular weight is 374 g/mol. The molecule has 8 heteroatoms. The van der Waals surface area contributed by atoms with Crippen LogP contribution in [0.4, 0.5) is 0 Å². The number of hydrogen-bond donors (Lipinski definition) is 1. The number of nitrogens with zero attached hydrogens (tertiary/aromatic N) is 1. The number of methoxy groups -OCH3 is 1. The Kier molecular flexibility index (Phi) is 4.96. The second-order valence-corrected chi connectivity index (χ2v) is 6.81. The molecule has 0 spiro atoms. The van der Waals surface area contributed by atoms with Gasteiger partial charge in [0.05, 0.1) is 18.8 Å². The van der Waals surface area contributed by atoms with Gasteiger partial charge in [-0.15, -0.1) is 0 Å². The topological polar surface area (TPSA) is 91.8 Å². The van der Waals surface area contributed by atoms with Crippen molar-refractivity contribution in [2.75, 3.05) is 13.7 Å². The Balaban J connectivity index is 1.60. The van der Waals surface area contributed by atoms with Gasteiger partial charge in [-0.25, -0.2) is 4.79 Å². The van der Waals surface area contributed by atoms with E-state index in [1.165, 1.54) is 17.9 Å². The summed E-state index contributed by atoms with van der Waals surface area (Å²) in [5.74, 6) is 0. The van der Waals surface area contributed by atoms with Crippen LogP contribution in [-0.4, -0.2) is 41.8 Å². The Hall–Kier alpha value is -2.26. The maximum Gasteiger partial charge on any atom is 0.328 e. The van der Waals surface area contributed by atoms with Crippen molar-refractivity contribution in [2.45, 2.75) is 44.2 Å². The van der Waals surface area contributed by atoms with E-state index in [4.69, 9.17) is 18.9 Å². The second-order valence-electron chi connectivity index (χ2n) is 6.81. The zero-order valence-corrected chi connectivity index (χ0v) is 15.2. The molecule has 1 unspecified atom stereocenters. The van der Waals surface area contributed by atoms with Crippen molar-refractivity contribution >= 4 is 0 Å². The van der Waals surface area contributed by atoms with Gasteiger partial charge in [-0.1, -0.05) is 30.3 Å². The molecule has 0 saturated carbocycles. The van der Waals surface area contributed by atoms with Gasteiger partial charge in [0.1, 0.15) is 6.10 Å². The maximum absolute atomic E-state index is 12.3. The Morgan fingerprint density at radius 2 is 1.93 bits per heavy atom. The third-order valence-corrected chi connectivity index (χ3v) is 5.03. The van der Waals surface area contributed by atoms with Crippen LogP contribution in [0.5, 0.6) is 0 Å². The van der Waals surface area contributed by atoms with E-state index in [2.05, 4.69) is 4.98 Å². The van der Waals surface area contributed by atoms with Crippen LogP contribution >= 0.6 is 0 Å². The largest absolute Gasteiger partial charge is 0.354 e. The number of hydrogen-bond acceptors (Lipinski definition) is 6. The summed E-state index contributed by atoms with van der Waals surface area (Å²) in [6.45, 7) is 2.02. The standard InChI is InChI=1S/C19H22N2O6/c1-11-9-21(19(23)20-16(11)22)13-8-14-15(27-18(13)24-2)10-25-17(26-14)12-6-4-3-5-7-12/h3-7,9,13-15,17-18H,8,10H2,1-2H3,(H,20,22,23)/t13-,14-,15+,17?,18+/m0/s1. The number of H-pyrrole nitrogens is 1. The molecule has 5 atom stereocenters. The Morgan fingerprint density at radius 3 is 2.67 bits per heavy atom. The summed E-state index contributed by atoms with van der Waals surface area (Å²) in [7, 11) is 1.53. The molecule has 1 aromatic carbocycles. The number of rotatable bonds is 3. The van der Waals surface area contributed by atoms with Gasteiger partial charge in [0, 0.05) is 30.9 Å². The first kappa shape index (κ1) is 18.1. The number of aromatic amines is 1. The SMILES string of the molecule is CO[C@@H]1O[C@@H]2COC(c3ccccc3)O[C@H]2C[C@@H]1n1cc(C)c(=O)[nH]c1=O. The van der Waals surface area contributed by atoms with Crippen LogP contribution in [0, 0.1) is 6.92 Å². The van der Waals surface area contributed by atoms with Gasteiger partial charge in [-0.05, 0) is 6.92 Å². The minimum absolute atomic E-state index is 0.264. The third kappa shape index (κ3) is 3.49. The van der Waals surface area contributed by atoms with E-state index in [1.54, 1.807) is 6.92 Å². The first-order valence-electron chi connectivity index (χ1n) is 8.89.